The summed E-state index contributed by atoms with van der Waals surface area (Å²) in [6.07, 6.45) is -2.45. The number of benzene rings is 1. The van der Waals surface area contributed by atoms with Gasteiger partial charge >= 0.3 is 6.18 Å². The Morgan fingerprint density at radius 1 is 1.38 bits per heavy atom. The van der Waals surface area contributed by atoms with Gasteiger partial charge in [-0.05, 0) is 18.6 Å². The largest absolute Gasteiger partial charge is 0.438 e. The van der Waals surface area contributed by atoms with Crippen molar-refractivity contribution in [1.29, 1.82) is 0 Å². The first kappa shape index (κ1) is 23.5. The van der Waals surface area contributed by atoms with Gasteiger partial charge in [0.1, 0.15) is 17.4 Å². The lowest BCUT2D eigenvalue weighted by Crippen LogP contribution is -2.33. The molecule has 1 aromatic heterocycles. The van der Waals surface area contributed by atoms with Gasteiger partial charge in [-0.1, -0.05) is 23.7 Å². The van der Waals surface area contributed by atoms with E-state index in [9.17, 15) is 23.1 Å². The van der Waals surface area contributed by atoms with E-state index in [0.717, 1.165) is 6.07 Å². The van der Waals surface area contributed by atoms with E-state index in [-0.39, 0.29) is 23.3 Å². The third-order valence-electron chi connectivity index (χ3n) is 4.62. The Morgan fingerprint density at radius 2 is 2.12 bits per heavy atom. The Balaban J connectivity index is 2.01. The average Bonchev–Trinajstić information content (AvgIpc) is 2.78. The molecule has 0 amide bonds. The molecular weight excluding hydrogens is 451 g/mol. The summed E-state index contributed by atoms with van der Waals surface area (Å²) >= 11 is 6.03. The highest BCUT2D eigenvalue weighted by molar-refractivity contribution is 6.40. The number of rotatable bonds is 7. The zero-order valence-corrected chi connectivity index (χ0v) is 17.6. The number of aromatic nitrogens is 2. The lowest BCUT2D eigenvalue weighted by Gasteiger charge is -2.31. The predicted octanol–water partition coefficient (Wildman–Crippen LogP) is 2.99. The Kier molecular flexibility index (Phi) is 7.31. The normalized spacial score (nSPS) is 14.8. The molecule has 0 saturated carbocycles. The monoisotopic (exact) mass is 469 g/mol. The van der Waals surface area contributed by atoms with Crippen LogP contribution in [-0.4, -0.2) is 46.1 Å². The van der Waals surface area contributed by atoms with E-state index >= 15 is 0 Å². The Hall–Kier alpha value is -3.18. The maximum absolute atomic E-state index is 13.4. The lowest BCUT2D eigenvalue weighted by atomic mass is 10.0. The van der Waals surface area contributed by atoms with Crippen LogP contribution >= 0.6 is 11.6 Å². The number of aldehydes is 1. The van der Waals surface area contributed by atoms with Gasteiger partial charge in [0.05, 0.1) is 29.7 Å². The number of nitrogens with one attached hydrogen (secondary N) is 1. The zero-order chi connectivity index (χ0) is 23.3. The number of ether oxygens (including phenoxy) is 1. The predicted molar refractivity (Wildman–Crippen MR) is 110 cm³/mol. The molecule has 3 rings (SSSR count). The van der Waals surface area contributed by atoms with Crippen LogP contribution in [0.1, 0.15) is 22.6 Å². The minimum absolute atomic E-state index is 0.0130. The molecule has 0 unspecified atom stereocenters. The van der Waals surface area contributed by atoms with Gasteiger partial charge < -0.3 is 20.2 Å². The van der Waals surface area contributed by atoms with Crippen LogP contribution in [-0.2, 0) is 30.5 Å². The highest BCUT2D eigenvalue weighted by Gasteiger charge is 2.35. The summed E-state index contributed by atoms with van der Waals surface area (Å²) in [6.45, 7) is -0.0396. The van der Waals surface area contributed by atoms with Crippen LogP contribution in [0.3, 0.4) is 0 Å². The summed E-state index contributed by atoms with van der Waals surface area (Å²) in [6, 6.07) is 4.80. The van der Waals surface area contributed by atoms with E-state index in [1.54, 1.807) is 11.9 Å². The number of fused-ring (bicyclic) bond motifs is 1. The summed E-state index contributed by atoms with van der Waals surface area (Å²) in [5.74, 6) is -0.481. The molecule has 2 heterocycles. The van der Waals surface area contributed by atoms with Gasteiger partial charge in [-0.2, -0.15) is 23.3 Å². The topological polar surface area (TPSA) is 99.9 Å². The van der Waals surface area contributed by atoms with E-state index in [0.29, 0.717) is 36.2 Å². The van der Waals surface area contributed by atoms with Gasteiger partial charge in [-0.15, -0.1) is 0 Å². The standard InChI is InChI=1S/C20H19ClF3N5O3/c1-25-26-8-16(14(21)10-30)29-7-6-12-15(9-29)27-18(11-31)28-19(12)32-17-5-3-2-4-13(17)20(22,23)24/h2-5,8,10,25,31H,6-7,9,11H2,1H3/b16-14-,26-8?. The number of halogens is 4. The number of hydrazone groups is 1. The average molecular weight is 470 g/mol. The van der Waals surface area contributed by atoms with Crippen molar-refractivity contribution < 1.29 is 27.8 Å². The van der Waals surface area contributed by atoms with Crippen molar-refractivity contribution in [1.82, 2.24) is 20.3 Å². The SMILES string of the molecule is CNN=C/C(=C(/Cl)C=O)N1CCc2c(nc(CO)nc2Oc2ccccc2C(F)(F)F)C1. The van der Waals surface area contributed by atoms with E-state index in [1.807, 2.05) is 0 Å². The molecule has 0 radical (unpaired) electrons. The van der Waals surface area contributed by atoms with Crippen molar-refractivity contribution in [3.05, 3.63) is 57.6 Å². The number of aliphatic hydroxyl groups excluding tert-OH is 1. The van der Waals surface area contributed by atoms with E-state index in [4.69, 9.17) is 16.3 Å². The number of carbonyl (C=O) groups is 1. The fraction of sp³-hybridized carbons (Fsp3) is 0.300. The van der Waals surface area contributed by atoms with Crippen LogP contribution in [0.5, 0.6) is 11.6 Å². The summed E-state index contributed by atoms with van der Waals surface area (Å²) in [5, 5.41) is 13.4. The molecule has 2 N–H and O–H groups in total. The first-order valence-electron chi connectivity index (χ1n) is 9.41. The molecule has 0 fully saturated rings. The Bertz CT molecular complexity index is 1060. The molecule has 0 atom stereocenters. The van der Waals surface area contributed by atoms with Gasteiger partial charge in [0.2, 0.25) is 5.88 Å². The van der Waals surface area contributed by atoms with Crippen LogP contribution in [0.2, 0.25) is 0 Å². The molecule has 8 nitrogen and oxygen atoms in total. The van der Waals surface area contributed by atoms with Crippen LogP contribution in [0.15, 0.2) is 40.1 Å². The van der Waals surface area contributed by atoms with Gasteiger partial charge in [0.25, 0.3) is 0 Å². The van der Waals surface area contributed by atoms with Gasteiger partial charge in [0.15, 0.2) is 12.1 Å². The first-order valence-corrected chi connectivity index (χ1v) is 9.79. The summed E-state index contributed by atoms with van der Waals surface area (Å²) in [7, 11) is 1.58. The Morgan fingerprint density at radius 3 is 2.78 bits per heavy atom. The van der Waals surface area contributed by atoms with Crippen molar-refractivity contribution in [2.45, 2.75) is 25.7 Å². The summed E-state index contributed by atoms with van der Waals surface area (Å²) in [5.41, 5.74) is 2.90. The third-order valence-corrected chi connectivity index (χ3v) is 4.90. The van der Waals surface area contributed by atoms with Crippen LogP contribution < -0.4 is 10.2 Å². The maximum atomic E-state index is 13.4. The van der Waals surface area contributed by atoms with Gasteiger partial charge in [0, 0.05) is 19.2 Å². The molecule has 12 heteroatoms. The van der Waals surface area contributed by atoms with Crippen molar-refractivity contribution in [3.63, 3.8) is 0 Å². The molecule has 0 spiro atoms. The number of nitrogens with zero attached hydrogens (tertiary/aromatic N) is 4. The molecule has 1 aliphatic rings. The number of para-hydroxylation sites is 1. The number of carbonyl (C=O) groups excluding carboxylic acids is 1. The van der Waals surface area contributed by atoms with Crippen molar-refractivity contribution >= 4 is 24.1 Å². The molecular formula is C20H19ClF3N5O3. The minimum atomic E-state index is -4.61. The second kappa shape index (κ2) is 9.96. The fourth-order valence-corrected chi connectivity index (χ4v) is 3.35. The van der Waals surface area contributed by atoms with Crippen LogP contribution in [0.25, 0.3) is 0 Å². The smallest absolute Gasteiger partial charge is 0.419 e. The maximum Gasteiger partial charge on any atom is 0.419 e. The highest BCUT2D eigenvalue weighted by Crippen LogP contribution is 2.39. The number of hydrogen-bond donors (Lipinski definition) is 2. The van der Waals surface area contributed by atoms with E-state index in [2.05, 4.69) is 20.5 Å². The molecule has 2 aromatic rings. The quantitative estimate of drug-likeness (QED) is 0.278. The number of alkyl halides is 3. The van der Waals surface area contributed by atoms with E-state index < -0.39 is 24.1 Å². The minimum Gasteiger partial charge on any atom is -0.438 e. The summed E-state index contributed by atoms with van der Waals surface area (Å²) < 4.78 is 45.7. The Labute approximate surface area is 186 Å². The highest BCUT2D eigenvalue weighted by atomic mass is 35.5. The third kappa shape index (κ3) is 5.17. The lowest BCUT2D eigenvalue weighted by molar-refractivity contribution is -0.138. The molecule has 32 heavy (non-hydrogen) atoms. The second-order valence-electron chi connectivity index (χ2n) is 6.63. The molecule has 0 bridgehead atoms. The second-order valence-corrected chi connectivity index (χ2v) is 7.04. The van der Waals surface area contributed by atoms with Crippen molar-refractivity contribution in [2.75, 3.05) is 13.6 Å². The van der Waals surface area contributed by atoms with Crippen molar-refractivity contribution in [3.8, 4) is 11.6 Å². The number of hydrogen-bond acceptors (Lipinski definition) is 8. The molecule has 0 aliphatic carbocycles. The first-order chi connectivity index (χ1) is 15.3. The molecule has 170 valence electrons. The van der Waals surface area contributed by atoms with Crippen LogP contribution in [0, 0.1) is 0 Å². The fourth-order valence-electron chi connectivity index (χ4n) is 3.18. The van der Waals surface area contributed by atoms with Crippen LogP contribution in [0.4, 0.5) is 13.2 Å². The number of aliphatic hydroxyl groups is 1. The molecule has 1 aliphatic heterocycles. The van der Waals surface area contributed by atoms with Gasteiger partial charge in [-0.25, -0.2) is 4.98 Å². The summed E-state index contributed by atoms with van der Waals surface area (Å²) in [4.78, 5) is 21.3. The zero-order valence-electron chi connectivity index (χ0n) is 16.9. The van der Waals surface area contributed by atoms with E-state index in [1.165, 1.54) is 24.4 Å². The molecule has 0 saturated heterocycles. The van der Waals surface area contributed by atoms with Gasteiger partial charge in [-0.3, -0.25) is 4.79 Å². The van der Waals surface area contributed by atoms with Crippen molar-refractivity contribution in [2.24, 2.45) is 5.10 Å². The molecule has 1 aromatic carbocycles. The number of allylic oxidation sites excluding steroid dienone is 2.